The average Bonchev–Trinajstić information content (AvgIpc) is 2.81. The van der Waals surface area contributed by atoms with Crippen LogP contribution in [0.2, 0.25) is 0 Å². The van der Waals surface area contributed by atoms with E-state index in [1.165, 1.54) is 7.11 Å². The van der Waals surface area contributed by atoms with E-state index in [2.05, 4.69) is 10.1 Å². The maximum Gasteiger partial charge on any atom is 0.323 e. The lowest BCUT2D eigenvalue weighted by atomic mass is 10.2. The molecule has 1 N–H and O–H groups in total. The van der Waals surface area contributed by atoms with Gasteiger partial charge in [-0.1, -0.05) is 0 Å². The molecule has 1 fully saturated rings. The second-order valence-corrected chi connectivity index (χ2v) is 4.03. The smallest absolute Gasteiger partial charge is 0.323 e. The molecule has 1 aromatic rings. The SMILES string of the molecule is COC(=O)C1CC(Oc2cc(F)ccc2F)CN1. The molecule has 1 aromatic carbocycles. The molecule has 0 aromatic heterocycles. The zero-order chi connectivity index (χ0) is 13.1. The quantitative estimate of drug-likeness (QED) is 0.828. The van der Waals surface area contributed by atoms with Gasteiger partial charge in [-0.15, -0.1) is 0 Å². The molecule has 1 aliphatic rings. The number of benzene rings is 1. The molecule has 18 heavy (non-hydrogen) atoms. The van der Waals surface area contributed by atoms with Crippen LogP contribution in [0.25, 0.3) is 0 Å². The molecule has 1 heterocycles. The van der Waals surface area contributed by atoms with Crippen molar-refractivity contribution in [1.82, 2.24) is 5.32 Å². The zero-order valence-electron chi connectivity index (χ0n) is 9.78. The van der Waals surface area contributed by atoms with Crippen LogP contribution in [0.3, 0.4) is 0 Å². The summed E-state index contributed by atoms with van der Waals surface area (Å²) in [6, 6.07) is 2.55. The molecule has 4 nitrogen and oxygen atoms in total. The van der Waals surface area contributed by atoms with E-state index in [4.69, 9.17) is 4.74 Å². The third-order valence-electron chi connectivity index (χ3n) is 2.76. The van der Waals surface area contributed by atoms with Crippen molar-refractivity contribution in [3.8, 4) is 5.75 Å². The summed E-state index contributed by atoms with van der Waals surface area (Å²) in [7, 11) is 1.30. The first-order chi connectivity index (χ1) is 8.60. The molecular formula is C12H13F2NO3. The van der Waals surface area contributed by atoms with Gasteiger partial charge in [0.2, 0.25) is 0 Å². The van der Waals surface area contributed by atoms with Crippen molar-refractivity contribution in [2.24, 2.45) is 0 Å². The Morgan fingerprint density at radius 2 is 2.22 bits per heavy atom. The zero-order valence-corrected chi connectivity index (χ0v) is 9.78. The van der Waals surface area contributed by atoms with Crippen molar-refractivity contribution >= 4 is 5.97 Å². The van der Waals surface area contributed by atoms with Gasteiger partial charge in [0.1, 0.15) is 18.0 Å². The highest BCUT2D eigenvalue weighted by atomic mass is 19.1. The summed E-state index contributed by atoms with van der Waals surface area (Å²) in [6.07, 6.45) is -0.0202. The number of carbonyl (C=O) groups is 1. The summed E-state index contributed by atoms with van der Waals surface area (Å²) < 4.78 is 36.2. The van der Waals surface area contributed by atoms with E-state index in [1.807, 2.05) is 0 Å². The highest BCUT2D eigenvalue weighted by Crippen LogP contribution is 2.22. The Morgan fingerprint density at radius 3 is 2.94 bits per heavy atom. The number of ether oxygens (including phenoxy) is 2. The fraction of sp³-hybridized carbons (Fsp3) is 0.417. The van der Waals surface area contributed by atoms with E-state index < -0.39 is 17.7 Å². The van der Waals surface area contributed by atoms with E-state index in [9.17, 15) is 13.6 Å². The lowest BCUT2D eigenvalue weighted by molar-refractivity contribution is -0.142. The number of hydrogen-bond donors (Lipinski definition) is 1. The molecule has 0 saturated carbocycles. The summed E-state index contributed by atoms with van der Waals surface area (Å²) in [4.78, 5) is 11.3. The number of methoxy groups -OCH3 is 1. The van der Waals surface area contributed by atoms with Crippen LogP contribution in [0.4, 0.5) is 8.78 Å². The van der Waals surface area contributed by atoms with Gasteiger partial charge in [0.15, 0.2) is 11.6 Å². The first-order valence-corrected chi connectivity index (χ1v) is 5.53. The molecule has 2 rings (SSSR count). The second kappa shape index (κ2) is 5.30. The van der Waals surface area contributed by atoms with Crippen molar-refractivity contribution in [3.63, 3.8) is 0 Å². The third-order valence-corrected chi connectivity index (χ3v) is 2.76. The van der Waals surface area contributed by atoms with Gasteiger partial charge >= 0.3 is 5.97 Å². The van der Waals surface area contributed by atoms with Gasteiger partial charge < -0.3 is 14.8 Å². The lowest BCUT2D eigenvalue weighted by Gasteiger charge is -2.13. The van der Waals surface area contributed by atoms with Gasteiger partial charge in [0.05, 0.1) is 7.11 Å². The molecule has 2 unspecified atom stereocenters. The first kappa shape index (κ1) is 12.8. The van der Waals surface area contributed by atoms with Crippen molar-refractivity contribution < 1.29 is 23.0 Å². The minimum absolute atomic E-state index is 0.146. The molecule has 6 heteroatoms. The van der Waals surface area contributed by atoms with Gasteiger partial charge in [-0.3, -0.25) is 4.79 Å². The summed E-state index contributed by atoms with van der Waals surface area (Å²) in [5, 5.41) is 2.90. The number of hydrogen-bond acceptors (Lipinski definition) is 4. The van der Waals surface area contributed by atoms with Crippen molar-refractivity contribution in [2.75, 3.05) is 13.7 Å². The largest absolute Gasteiger partial charge is 0.486 e. The van der Waals surface area contributed by atoms with Crippen molar-refractivity contribution in [2.45, 2.75) is 18.6 Å². The number of rotatable bonds is 3. The average molecular weight is 257 g/mol. The molecule has 0 aliphatic carbocycles. The van der Waals surface area contributed by atoms with E-state index in [-0.39, 0.29) is 17.8 Å². The topological polar surface area (TPSA) is 47.6 Å². The van der Waals surface area contributed by atoms with E-state index in [0.717, 1.165) is 18.2 Å². The Kier molecular flexibility index (Phi) is 3.76. The summed E-state index contributed by atoms with van der Waals surface area (Å²) >= 11 is 0. The molecule has 98 valence electrons. The number of halogens is 2. The fourth-order valence-corrected chi connectivity index (χ4v) is 1.86. The van der Waals surface area contributed by atoms with Gasteiger partial charge in [-0.05, 0) is 12.1 Å². The van der Waals surface area contributed by atoms with Crippen molar-refractivity contribution in [3.05, 3.63) is 29.8 Å². The Bertz CT molecular complexity index is 453. The van der Waals surface area contributed by atoms with Gasteiger partial charge in [0, 0.05) is 19.0 Å². The highest BCUT2D eigenvalue weighted by molar-refractivity contribution is 5.76. The van der Waals surface area contributed by atoms with Gasteiger partial charge in [-0.2, -0.15) is 0 Å². The van der Waals surface area contributed by atoms with E-state index >= 15 is 0 Å². The predicted molar refractivity (Wildman–Crippen MR) is 59.2 cm³/mol. The first-order valence-electron chi connectivity index (χ1n) is 5.53. The second-order valence-electron chi connectivity index (χ2n) is 4.03. The van der Waals surface area contributed by atoms with Crippen LogP contribution in [-0.4, -0.2) is 31.8 Å². The lowest BCUT2D eigenvalue weighted by Crippen LogP contribution is -2.31. The molecule has 0 bridgehead atoms. The standard InChI is InChI=1S/C12H13F2NO3/c1-17-12(16)10-5-8(6-15-10)18-11-4-7(13)2-3-9(11)14/h2-4,8,10,15H,5-6H2,1H3. The molecule has 0 amide bonds. The number of nitrogens with one attached hydrogen (secondary N) is 1. The third kappa shape index (κ3) is 2.76. The number of carbonyl (C=O) groups excluding carboxylic acids is 1. The van der Waals surface area contributed by atoms with Crippen LogP contribution in [-0.2, 0) is 9.53 Å². The molecule has 0 radical (unpaired) electrons. The Labute approximate surface area is 103 Å². The van der Waals surface area contributed by atoms with Crippen LogP contribution < -0.4 is 10.1 Å². The maximum atomic E-state index is 13.3. The fourth-order valence-electron chi connectivity index (χ4n) is 1.86. The summed E-state index contributed by atoms with van der Waals surface area (Å²) in [5.41, 5.74) is 0. The predicted octanol–water partition coefficient (Wildman–Crippen LogP) is 1.25. The number of esters is 1. The van der Waals surface area contributed by atoms with Gasteiger partial charge in [0.25, 0.3) is 0 Å². The molecule has 0 spiro atoms. The molecule has 1 aliphatic heterocycles. The minimum Gasteiger partial charge on any atom is -0.486 e. The van der Waals surface area contributed by atoms with Crippen LogP contribution in [0, 0.1) is 11.6 Å². The maximum absolute atomic E-state index is 13.3. The Morgan fingerprint density at radius 1 is 1.44 bits per heavy atom. The monoisotopic (exact) mass is 257 g/mol. The van der Waals surface area contributed by atoms with Crippen LogP contribution >= 0.6 is 0 Å². The van der Waals surface area contributed by atoms with E-state index in [0.29, 0.717) is 13.0 Å². The van der Waals surface area contributed by atoms with Gasteiger partial charge in [-0.25, -0.2) is 8.78 Å². The normalized spacial score (nSPS) is 22.8. The van der Waals surface area contributed by atoms with E-state index in [1.54, 1.807) is 0 Å². The molecule has 1 saturated heterocycles. The van der Waals surface area contributed by atoms with Crippen molar-refractivity contribution in [1.29, 1.82) is 0 Å². The van der Waals surface area contributed by atoms with Crippen LogP contribution in [0.1, 0.15) is 6.42 Å². The minimum atomic E-state index is -0.627. The molecule has 2 atom stereocenters. The van der Waals surface area contributed by atoms with Crippen LogP contribution in [0.5, 0.6) is 5.75 Å². The Balaban J connectivity index is 1.99. The molecular weight excluding hydrogens is 244 g/mol. The highest BCUT2D eigenvalue weighted by Gasteiger charge is 2.31. The summed E-state index contributed by atoms with van der Waals surface area (Å²) in [5.74, 6) is -1.73. The Hall–Kier alpha value is -1.69. The summed E-state index contributed by atoms with van der Waals surface area (Å²) in [6.45, 7) is 0.385. The van der Waals surface area contributed by atoms with Crippen LogP contribution in [0.15, 0.2) is 18.2 Å².